The minimum Gasteiger partial charge on any atom is -0.493 e. The highest BCUT2D eigenvalue weighted by atomic mass is 32.2. The third kappa shape index (κ3) is 6.97. The fourth-order valence-corrected chi connectivity index (χ4v) is 5.10. The first-order valence-electron chi connectivity index (χ1n) is 12.6. The fraction of sp³-hybridized carbons (Fsp3) is 0.321. The number of sulfonamides is 1. The number of nitriles is 1. The summed E-state index contributed by atoms with van der Waals surface area (Å²) >= 11 is 0. The largest absolute Gasteiger partial charge is 0.493 e. The lowest BCUT2D eigenvalue weighted by Gasteiger charge is -2.19. The van der Waals surface area contributed by atoms with E-state index in [2.05, 4.69) is 21.9 Å². The Morgan fingerprint density at radius 2 is 1.77 bits per heavy atom. The number of aromatic hydroxyl groups is 1. The summed E-state index contributed by atoms with van der Waals surface area (Å²) in [4.78, 5) is 24.0. The monoisotopic (exact) mass is 549 g/mol. The Bertz CT molecular complexity index is 1550. The van der Waals surface area contributed by atoms with Crippen molar-refractivity contribution in [1.82, 2.24) is 4.57 Å². The number of unbranched alkanes of at least 4 members (excludes halogenated alkanes) is 1. The van der Waals surface area contributed by atoms with Crippen LogP contribution in [0.25, 0.3) is 0 Å². The number of aromatic nitrogens is 1. The Morgan fingerprint density at radius 3 is 2.33 bits per heavy atom. The second-order valence-corrected chi connectivity index (χ2v) is 10.8. The Balaban J connectivity index is 1.88. The summed E-state index contributed by atoms with van der Waals surface area (Å²) < 4.78 is 29.1. The summed E-state index contributed by atoms with van der Waals surface area (Å²) in [6.07, 6.45) is 4.37. The van der Waals surface area contributed by atoms with Crippen LogP contribution in [0.4, 0.5) is 17.1 Å². The van der Waals surface area contributed by atoms with Crippen LogP contribution in [0.2, 0.25) is 0 Å². The van der Waals surface area contributed by atoms with Gasteiger partial charge in [-0.2, -0.15) is 10.4 Å². The molecule has 1 atom stereocenters. The van der Waals surface area contributed by atoms with E-state index >= 15 is 0 Å². The van der Waals surface area contributed by atoms with Gasteiger partial charge in [-0.15, -0.1) is 5.11 Å². The van der Waals surface area contributed by atoms with Crippen LogP contribution >= 0.6 is 0 Å². The van der Waals surface area contributed by atoms with Crippen molar-refractivity contribution < 1.29 is 18.3 Å². The number of rotatable bonds is 12. The van der Waals surface area contributed by atoms with E-state index in [-0.39, 0.29) is 45.7 Å². The van der Waals surface area contributed by atoms with Crippen molar-refractivity contribution in [3.05, 3.63) is 75.6 Å². The van der Waals surface area contributed by atoms with Gasteiger partial charge in [0.05, 0.1) is 10.6 Å². The van der Waals surface area contributed by atoms with E-state index in [1.165, 1.54) is 60.0 Å². The molecule has 10 nitrogen and oxygen atoms in total. The maximum Gasteiger partial charge on any atom is 0.281 e. The van der Waals surface area contributed by atoms with E-state index in [0.717, 1.165) is 25.7 Å². The smallest absolute Gasteiger partial charge is 0.281 e. The van der Waals surface area contributed by atoms with Crippen LogP contribution in [0, 0.1) is 24.2 Å². The Labute approximate surface area is 227 Å². The summed E-state index contributed by atoms with van der Waals surface area (Å²) in [7, 11) is -3.90. The van der Waals surface area contributed by atoms with E-state index in [0.29, 0.717) is 17.5 Å². The van der Waals surface area contributed by atoms with E-state index in [4.69, 9.17) is 0 Å². The number of hydrogen-bond acceptors (Lipinski definition) is 8. The highest BCUT2D eigenvalue weighted by Crippen LogP contribution is 2.29. The van der Waals surface area contributed by atoms with Crippen molar-refractivity contribution in [2.24, 2.45) is 16.1 Å². The lowest BCUT2D eigenvalue weighted by molar-refractivity contribution is 0.112. The second kappa shape index (κ2) is 13.0. The first-order valence-corrected chi connectivity index (χ1v) is 14.1. The van der Waals surface area contributed by atoms with Gasteiger partial charge in [0, 0.05) is 23.4 Å². The molecule has 204 valence electrons. The summed E-state index contributed by atoms with van der Waals surface area (Å²) in [5, 5.41) is 28.5. The number of azo groups is 1. The maximum absolute atomic E-state index is 13.3. The number of carbonyl (C=O) groups excluding carboxylic acids is 1. The number of nitrogens with zero attached hydrogens (tertiary/aromatic N) is 4. The summed E-state index contributed by atoms with van der Waals surface area (Å²) in [6.45, 7) is 5.89. The van der Waals surface area contributed by atoms with Crippen molar-refractivity contribution in [1.29, 1.82) is 5.26 Å². The SMILES string of the molecule is CCCCC(CC)Cn1c(O)c(C#N)c(C)c(N=Nc2ccc(S(=O)(=O)Nc3ccc(C=O)cc3)cc2)c1=O. The lowest BCUT2D eigenvalue weighted by Crippen LogP contribution is -2.25. The summed E-state index contributed by atoms with van der Waals surface area (Å²) in [5.41, 5.74) is 0.575. The predicted molar refractivity (Wildman–Crippen MR) is 148 cm³/mol. The Kier molecular flexibility index (Phi) is 9.73. The second-order valence-electron chi connectivity index (χ2n) is 9.16. The average Bonchev–Trinajstić information content (AvgIpc) is 2.93. The van der Waals surface area contributed by atoms with Gasteiger partial charge in [-0.05, 0) is 67.8 Å². The number of pyridine rings is 1. The van der Waals surface area contributed by atoms with Gasteiger partial charge >= 0.3 is 0 Å². The molecule has 0 saturated heterocycles. The number of nitrogens with one attached hydrogen (secondary N) is 1. The molecule has 0 aliphatic carbocycles. The first-order chi connectivity index (χ1) is 18.6. The lowest BCUT2D eigenvalue weighted by atomic mass is 9.99. The molecule has 3 rings (SSSR count). The topological polar surface area (TPSA) is 154 Å². The van der Waals surface area contributed by atoms with E-state index in [9.17, 15) is 28.4 Å². The summed E-state index contributed by atoms with van der Waals surface area (Å²) in [6, 6.07) is 13.5. The zero-order valence-corrected chi connectivity index (χ0v) is 22.9. The molecule has 1 aromatic heterocycles. The third-order valence-electron chi connectivity index (χ3n) is 6.46. The van der Waals surface area contributed by atoms with Gasteiger partial charge in [0.15, 0.2) is 5.69 Å². The normalized spacial score (nSPS) is 12.3. The van der Waals surface area contributed by atoms with Crippen LogP contribution in [0.15, 0.2) is 68.4 Å². The van der Waals surface area contributed by atoms with Crippen molar-refractivity contribution in [3.63, 3.8) is 0 Å². The molecule has 1 heterocycles. The Morgan fingerprint density at radius 1 is 1.10 bits per heavy atom. The zero-order valence-electron chi connectivity index (χ0n) is 22.1. The maximum atomic E-state index is 13.3. The van der Waals surface area contributed by atoms with Crippen LogP contribution in [0.1, 0.15) is 61.0 Å². The van der Waals surface area contributed by atoms with E-state index in [1.807, 2.05) is 13.0 Å². The number of carbonyl (C=O) groups is 1. The molecule has 0 radical (unpaired) electrons. The van der Waals surface area contributed by atoms with Crippen molar-refractivity contribution >= 4 is 33.4 Å². The number of hydrogen-bond donors (Lipinski definition) is 2. The van der Waals surface area contributed by atoms with Crippen LogP contribution in [-0.2, 0) is 16.6 Å². The fourth-order valence-electron chi connectivity index (χ4n) is 4.05. The average molecular weight is 550 g/mol. The molecule has 0 amide bonds. The van der Waals surface area contributed by atoms with Crippen LogP contribution in [-0.4, -0.2) is 24.4 Å². The van der Waals surface area contributed by atoms with Gasteiger partial charge < -0.3 is 5.11 Å². The molecule has 11 heteroatoms. The molecular weight excluding hydrogens is 518 g/mol. The highest BCUT2D eigenvalue weighted by Gasteiger charge is 2.21. The Hall–Kier alpha value is -4.30. The molecule has 0 aliphatic rings. The molecule has 0 bridgehead atoms. The quantitative estimate of drug-likeness (QED) is 0.209. The van der Waals surface area contributed by atoms with E-state index < -0.39 is 15.6 Å². The van der Waals surface area contributed by atoms with Crippen LogP contribution in [0.5, 0.6) is 5.88 Å². The molecule has 39 heavy (non-hydrogen) atoms. The van der Waals surface area contributed by atoms with Gasteiger partial charge in [-0.3, -0.25) is 18.9 Å². The number of benzene rings is 2. The van der Waals surface area contributed by atoms with Gasteiger partial charge in [0.1, 0.15) is 17.9 Å². The van der Waals surface area contributed by atoms with Crippen molar-refractivity contribution in [3.8, 4) is 11.9 Å². The molecule has 1 unspecified atom stereocenters. The predicted octanol–water partition coefficient (Wildman–Crippen LogP) is 5.98. The minimum absolute atomic E-state index is 0.0199. The van der Waals surface area contributed by atoms with Crippen molar-refractivity contribution in [2.45, 2.75) is 57.9 Å². The molecule has 2 N–H and O–H groups in total. The first kappa shape index (κ1) is 29.3. The van der Waals surface area contributed by atoms with Gasteiger partial charge in [-0.25, -0.2) is 8.42 Å². The zero-order chi connectivity index (χ0) is 28.6. The number of anilines is 1. The molecular formula is C28H31N5O5S. The molecule has 0 saturated carbocycles. The molecule has 0 aliphatic heterocycles. The third-order valence-corrected chi connectivity index (χ3v) is 7.86. The van der Waals surface area contributed by atoms with Crippen LogP contribution < -0.4 is 10.3 Å². The molecule has 0 fully saturated rings. The number of aldehydes is 1. The molecule has 0 spiro atoms. The van der Waals surface area contributed by atoms with Crippen molar-refractivity contribution in [2.75, 3.05) is 4.72 Å². The van der Waals surface area contributed by atoms with Gasteiger partial charge in [0.2, 0.25) is 5.88 Å². The molecule has 3 aromatic rings. The molecule has 2 aromatic carbocycles. The summed E-state index contributed by atoms with van der Waals surface area (Å²) in [5.74, 6) is -0.226. The standard InChI is InChI=1S/C28H31N5O5S/c1-4-6-7-20(5-2)17-33-27(35)25(16-29)19(3)26(28(33)36)31-30-22-12-14-24(15-13-22)39(37,38)32-23-10-8-21(18-34)9-11-23/h8-15,18,20,32,35H,4-7,17H2,1-3H3. The van der Waals surface area contributed by atoms with Crippen LogP contribution in [0.3, 0.4) is 0 Å². The minimum atomic E-state index is -3.90. The van der Waals surface area contributed by atoms with E-state index in [1.54, 1.807) is 0 Å². The van der Waals surface area contributed by atoms with Gasteiger partial charge in [-0.1, -0.05) is 33.1 Å². The van der Waals surface area contributed by atoms with Gasteiger partial charge in [0.25, 0.3) is 15.6 Å². The highest BCUT2D eigenvalue weighted by molar-refractivity contribution is 7.92.